The average Bonchev–Trinajstić information content (AvgIpc) is 2.25. The van der Waals surface area contributed by atoms with Gasteiger partial charge in [0.25, 0.3) is 0 Å². The van der Waals surface area contributed by atoms with Crippen LogP contribution in [0.1, 0.15) is 51.4 Å². The predicted octanol–water partition coefficient (Wildman–Crippen LogP) is 3.73. The molecule has 1 aliphatic rings. The van der Waals surface area contributed by atoms with Crippen molar-refractivity contribution in [2.24, 2.45) is 0 Å². The maximum absolute atomic E-state index is 10.8. The number of rotatable bonds is 9. The Morgan fingerprint density at radius 1 is 1.13 bits per heavy atom. The molecule has 0 saturated heterocycles. The topological polar surface area (TPSA) is 26.3 Å². The van der Waals surface area contributed by atoms with E-state index in [0.717, 1.165) is 24.8 Å². The van der Waals surface area contributed by atoms with Crippen molar-refractivity contribution in [2.75, 3.05) is 0 Å². The Kier molecular flexibility index (Phi) is 5.83. The zero-order valence-corrected chi connectivity index (χ0v) is 9.34. The minimum absolute atomic E-state index is 0.124. The molecule has 0 aromatic carbocycles. The first kappa shape index (κ1) is 12.0. The van der Waals surface area contributed by atoms with Crippen LogP contribution in [0.2, 0.25) is 0 Å². The van der Waals surface area contributed by atoms with Crippen LogP contribution in [-0.4, -0.2) is 5.97 Å². The Morgan fingerprint density at radius 2 is 1.80 bits per heavy atom. The van der Waals surface area contributed by atoms with Crippen molar-refractivity contribution in [2.45, 2.75) is 51.4 Å². The molecule has 0 aromatic heterocycles. The number of ether oxygens (including phenoxy) is 1. The maximum Gasteiger partial charge on any atom is 0.341 e. The molecule has 2 heteroatoms. The molecule has 15 heavy (non-hydrogen) atoms. The number of carbonyl (C=O) groups excluding carboxylic acids is 1. The zero-order valence-electron chi connectivity index (χ0n) is 9.34. The van der Waals surface area contributed by atoms with Crippen molar-refractivity contribution in [1.82, 2.24) is 0 Å². The lowest BCUT2D eigenvalue weighted by atomic mass is 10.0. The first-order valence-corrected chi connectivity index (χ1v) is 5.85. The number of cyclic esters (lactones) is 1. The number of unbranched alkanes of at least 4 members (excludes halogenated alkanes) is 6. The van der Waals surface area contributed by atoms with E-state index in [1.54, 1.807) is 6.26 Å². The standard InChI is InChI=1S/C13H20O2/c1-2-3-4-5-6-7-8-9-10-12-11-15-13(12)14/h2,11H,1,3-10H2. The second-order valence-electron chi connectivity index (χ2n) is 4.00. The van der Waals surface area contributed by atoms with Crippen LogP contribution in [0.3, 0.4) is 0 Å². The molecular formula is C13H20O2. The van der Waals surface area contributed by atoms with E-state index in [-0.39, 0.29) is 5.97 Å². The smallest absolute Gasteiger partial charge is 0.341 e. The number of esters is 1. The molecule has 0 amide bonds. The van der Waals surface area contributed by atoms with Gasteiger partial charge in [-0.25, -0.2) is 4.79 Å². The molecule has 1 heterocycles. The Morgan fingerprint density at radius 3 is 2.33 bits per heavy atom. The summed E-state index contributed by atoms with van der Waals surface area (Å²) in [5.74, 6) is -0.124. The third-order valence-corrected chi connectivity index (χ3v) is 2.67. The summed E-state index contributed by atoms with van der Waals surface area (Å²) in [6.07, 6.45) is 13.1. The SMILES string of the molecule is C=CCCCCCCCCC1=COC1=O. The Labute approximate surface area is 92.0 Å². The highest BCUT2D eigenvalue weighted by molar-refractivity contribution is 5.93. The van der Waals surface area contributed by atoms with Gasteiger partial charge in [0.2, 0.25) is 0 Å². The molecule has 0 aromatic rings. The summed E-state index contributed by atoms with van der Waals surface area (Å²) in [6.45, 7) is 3.70. The second-order valence-corrected chi connectivity index (χ2v) is 4.00. The molecule has 84 valence electrons. The number of hydrogen-bond acceptors (Lipinski definition) is 2. The Balaban J connectivity index is 1.81. The van der Waals surface area contributed by atoms with E-state index < -0.39 is 0 Å². The fourth-order valence-corrected chi connectivity index (χ4v) is 1.66. The third-order valence-electron chi connectivity index (χ3n) is 2.67. The molecule has 0 saturated carbocycles. The van der Waals surface area contributed by atoms with E-state index in [0.29, 0.717) is 0 Å². The summed E-state index contributed by atoms with van der Waals surface area (Å²) >= 11 is 0. The van der Waals surface area contributed by atoms with Gasteiger partial charge in [0.05, 0.1) is 5.57 Å². The highest BCUT2D eigenvalue weighted by atomic mass is 16.5. The summed E-state index contributed by atoms with van der Waals surface area (Å²) in [5, 5.41) is 0. The van der Waals surface area contributed by atoms with Gasteiger partial charge in [-0.05, 0) is 25.7 Å². The Bertz CT molecular complexity index is 241. The van der Waals surface area contributed by atoms with Crippen LogP contribution in [0.25, 0.3) is 0 Å². The van der Waals surface area contributed by atoms with Gasteiger partial charge >= 0.3 is 5.97 Å². The summed E-state index contributed by atoms with van der Waals surface area (Å²) in [6, 6.07) is 0. The fraction of sp³-hybridized carbons (Fsp3) is 0.615. The molecule has 0 spiro atoms. The highest BCUT2D eigenvalue weighted by Crippen LogP contribution is 2.18. The lowest BCUT2D eigenvalue weighted by Gasteiger charge is -2.12. The quantitative estimate of drug-likeness (QED) is 0.328. The van der Waals surface area contributed by atoms with E-state index in [2.05, 4.69) is 11.3 Å². The van der Waals surface area contributed by atoms with Crippen LogP contribution in [0.15, 0.2) is 24.5 Å². The Hall–Kier alpha value is -1.05. The lowest BCUT2D eigenvalue weighted by Crippen LogP contribution is -2.14. The first-order valence-electron chi connectivity index (χ1n) is 5.85. The van der Waals surface area contributed by atoms with Crippen LogP contribution in [0.5, 0.6) is 0 Å². The molecular weight excluding hydrogens is 188 g/mol. The van der Waals surface area contributed by atoms with Crippen molar-refractivity contribution in [1.29, 1.82) is 0 Å². The molecule has 0 atom stereocenters. The summed E-state index contributed by atoms with van der Waals surface area (Å²) < 4.78 is 4.56. The average molecular weight is 208 g/mol. The van der Waals surface area contributed by atoms with Gasteiger partial charge in [-0.2, -0.15) is 0 Å². The summed E-state index contributed by atoms with van der Waals surface area (Å²) in [5.41, 5.74) is 0.863. The summed E-state index contributed by atoms with van der Waals surface area (Å²) in [7, 11) is 0. The van der Waals surface area contributed by atoms with Gasteiger partial charge in [-0.3, -0.25) is 0 Å². The third kappa shape index (κ3) is 4.82. The van der Waals surface area contributed by atoms with Crippen molar-refractivity contribution in [3.8, 4) is 0 Å². The van der Waals surface area contributed by atoms with E-state index >= 15 is 0 Å². The summed E-state index contributed by atoms with van der Waals surface area (Å²) in [4.78, 5) is 10.8. The predicted molar refractivity (Wildman–Crippen MR) is 61.3 cm³/mol. The molecule has 1 rings (SSSR count). The second kappa shape index (κ2) is 7.27. The van der Waals surface area contributed by atoms with E-state index in [1.807, 2.05) is 6.08 Å². The molecule has 0 aliphatic carbocycles. The highest BCUT2D eigenvalue weighted by Gasteiger charge is 2.18. The number of hydrogen-bond donors (Lipinski definition) is 0. The number of carbonyl (C=O) groups is 1. The van der Waals surface area contributed by atoms with Gasteiger partial charge in [-0.15, -0.1) is 6.58 Å². The monoisotopic (exact) mass is 208 g/mol. The van der Waals surface area contributed by atoms with Crippen molar-refractivity contribution in [3.05, 3.63) is 24.5 Å². The largest absolute Gasteiger partial charge is 0.430 e. The van der Waals surface area contributed by atoms with E-state index in [9.17, 15) is 4.79 Å². The van der Waals surface area contributed by atoms with E-state index in [4.69, 9.17) is 0 Å². The van der Waals surface area contributed by atoms with Gasteiger partial charge < -0.3 is 4.74 Å². The van der Waals surface area contributed by atoms with Crippen molar-refractivity contribution < 1.29 is 9.53 Å². The van der Waals surface area contributed by atoms with Gasteiger partial charge in [-0.1, -0.05) is 31.8 Å². The molecule has 0 fully saturated rings. The lowest BCUT2D eigenvalue weighted by molar-refractivity contribution is -0.138. The molecule has 0 N–H and O–H groups in total. The van der Waals surface area contributed by atoms with Crippen LogP contribution < -0.4 is 0 Å². The first-order chi connectivity index (χ1) is 7.34. The van der Waals surface area contributed by atoms with Gasteiger partial charge in [0.1, 0.15) is 6.26 Å². The fourth-order valence-electron chi connectivity index (χ4n) is 1.66. The zero-order chi connectivity index (χ0) is 10.9. The molecule has 0 unspecified atom stereocenters. The molecule has 0 bridgehead atoms. The molecule has 2 nitrogen and oxygen atoms in total. The molecule has 1 aliphatic heterocycles. The normalized spacial score (nSPS) is 14.1. The molecule has 0 radical (unpaired) electrons. The van der Waals surface area contributed by atoms with Crippen molar-refractivity contribution >= 4 is 5.97 Å². The van der Waals surface area contributed by atoms with Gasteiger partial charge in [0, 0.05) is 0 Å². The maximum atomic E-state index is 10.8. The van der Waals surface area contributed by atoms with Crippen LogP contribution in [-0.2, 0) is 9.53 Å². The number of allylic oxidation sites excluding steroid dienone is 1. The van der Waals surface area contributed by atoms with Crippen LogP contribution >= 0.6 is 0 Å². The minimum atomic E-state index is -0.124. The van der Waals surface area contributed by atoms with Crippen LogP contribution in [0, 0.1) is 0 Å². The van der Waals surface area contributed by atoms with E-state index in [1.165, 1.54) is 32.1 Å². The van der Waals surface area contributed by atoms with Crippen LogP contribution in [0.4, 0.5) is 0 Å². The van der Waals surface area contributed by atoms with Gasteiger partial charge in [0.15, 0.2) is 0 Å². The minimum Gasteiger partial charge on any atom is -0.430 e. The van der Waals surface area contributed by atoms with Crippen molar-refractivity contribution in [3.63, 3.8) is 0 Å².